The normalized spacial score (nSPS) is 15.8. The van der Waals surface area contributed by atoms with Gasteiger partial charge in [-0.25, -0.2) is 0 Å². The van der Waals surface area contributed by atoms with E-state index in [1.807, 2.05) is 0 Å². The molecule has 1 aliphatic rings. The third-order valence-electron chi connectivity index (χ3n) is 5.21. The molecule has 0 saturated carbocycles. The van der Waals surface area contributed by atoms with E-state index in [-0.39, 0.29) is 0 Å². The minimum absolute atomic E-state index is 0.301. The second-order valence-corrected chi connectivity index (χ2v) is 6.58. The van der Waals surface area contributed by atoms with Gasteiger partial charge in [0.1, 0.15) is 0 Å². The topological polar surface area (TPSA) is 0 Å². The standard InChI is InChI=1S/C24H18/c1-2-8-18(9-3-1)24-21-14-5-4-10-19(21)16-20-13-6-11-17-12-7-15-22(24)23(17)20/h1-15,24H,16H2. The fourth-order valence-electron chi connectivity index (χ4n) is 4.19. The largest absolute Gasteiger partial charge is 0.0622 e. The van der Waals surface area contributed by atoms with Crippen LogP contribution in [-0.4, -0.2) is 0 Å². The zero-order valence-electron chi connectivity index (χ0n) is 13.4. The van der Waals surface area contributed by atoms with Gasteiger partial charge >= 0.3 is 0 Å². The molecule has 0 spiro atoms. The highest BCUT2D eigenvalue weighted by Crippen LogP contribution is 2.42. The Balaban J connectivity index is 1.91. The number of hydrogen-bond acceptors (Lipinski definition) is 0. The van der Waals surface area contributed by atoms with Gasteiger partial charge in [0, 0.05) is 5.92 Å². The summed E-state index contributed by atoms with van der Waals surface area (Å²) < 4.78 is 0. The lowest BCUT2D eigenvalue weighted by atomic mass is 9.82. The molecular formula is C24H18. The molecule has 114 valence electrons. The molecule has 24 heavy (non-hydrogen) atoms. The summed E-state index contributed by atoms with van der Waals surface area (Å²) >= 11 is 0. The summed E-state index contributed by atoms with van der Waals surface area (Å²) in [5.74, 6) is 0.301. The summed E-state index contributed by atoms with van der Waals surface area (Å²) in [6.45, 7) is 0. The zero-order valence-corrected chi connectivity index (χ0v) is 13.4. The molecule has 1 unspecified atom stereocenters. The van der Waals surface area contributed by atoms with E-state index in [2.05, 4.69) is 91.0 Å². The van der Waals surface area contributed by atoms with Crippen LogP contribution in [0.1, 0.15) is 33.7 Å². The molecule has 0 heteroatoms. The van der Waals surface area contributed by atoms with Crippen LogP contribution in [0.5, 0.6) is 0 Å². The lowest BCUT2D eigenvalue weighted by Gasteiger charge is -2.21. The molecule has 0 heterocycles. The zero-order chi connectivity index (χ0) is 15.9. The first-order valence-electron chi connectivity index (χ1n) is 8.55. The van der Waals surface area contributed by atoms with Crippen LogP contribution in [0.2, 0.25) is 0 Å². The maximum absolute atomic E-state index is 2.31. The van der Waals surface area contributed by atoms with Gasteiger partial charge in [-0.1, -0.05) is 91.0 Å². The maximum Gasteiger partial charge on any atom is 0.0349 e. The second-order valence-electron chi connectivity index (χ2n) is 6.58. The molecule has 4 aromatic rings. The minimum atomic E-state index is 0.301. The number of fused-ring (bicyclic) bond motifs is 1. The van der Waals surface area contributed by atoms with E-state index in [0.29, 0.717) is 5.92 Å². The molecule has 0 bridgehead atoms. The highest BCUT2D eigenvalue weighted by molar-refractivity contribution is 5.91. The Labute approximate surface area is 142 Å². The molecule has 4 aromatic carbocycles. The molecular weight excluding hydrogens is 288 g/mol. The van der Waals surface area contributed by atoms with Gasteiger partial charge in [-0.15, -0.1) is 0 Å². The van der Waals surface area contributed by atoms with Crippen LogP contribution in [0.4, 0.5) is 0 Å². The van der Waals surface area contributed by atoms with Crippen LogP contribution < -0.4 is 0 Å². The Morgan fingerprint density at radius 1 is 0.542 bits per heavy atom. The van der Waals surface area contributed by atoms with E-state index in [0.717, 1.165) is 6.42 Å². The SMILES string of the molecule is c1ccc(C2c3ccccc3Cc3cccc4cccc2c34)cc1. The van der Waals surface area contributed by atoms with Crippen LogP contribution in [0.3, 0.4) is 0 Å². The van der Waals surface area contributed by atoms with Crippen molar-refractivity contribution in [2.75, 3.05) is 0 Å². The van der Waals surface area contributed by atoms with Crippen molar-refractivity contribution in [1.29, 1.82) is 0 Å². The third kappa shape index (κ3) is 2.00. The first-order valence-corrected chi connectivity index (χ1v) is 8.55. The summed E-state index contributed by atoms with van der Waals surface area (Å²) in [4.78, 5) is 0. The monoisotopic (exact) mass is 306 g/mol. The van der Waals surface area contributed by atoms with Gasteiger partial charge in [-0.2, -0.15) is 0 Å². The highest BCUT2D eigenvalue weighted by atomic mass is 14.3. The Morgan fingerprint density at radius 2 is 1.21 bits per heavy atom. The van der Waals surface area contributed by atoms with Crippen LogP contribution in [-0.2, 0) is 6.42 Å². The molecule has 0 nitrogen and oxygen atoms in total. The van der Waals surface area contributed by atoms with Crippen LogP contribution in [0, 0.1) is 0 Å². The molecule has 0 N–H and O–H groups in total. The fraction of sp³-hybridized carbons (Fsp3) is 0.0833. The Morgan fingerprint density at radius 3 is 2.08 bits per heavy atom. The van der Waals surface area contributed by atoms with E-state index < -0.39 is 0 Å². The molecule has 0 radical (unpaired) electrons. The van der Waals surface area contributed by atoms with Crippen molar-refractivity contribution < 1.29 is 0 Å². The average Bonchev–Trinajstić information content (AvgIpc) is 2.78. The van der Waals surface area contributed by atoms with Crippen molar-refractivity contribution in [3.63, 3.8) is 0 Å². The molecule has 0 aliphatic heterocycles. The highest BCUT2D eigenvalue weighted by Gasteiger charge is 2.25. The van der Waals surface area contributed by atoms with Crippen molar-refractivity contribution in [2.24, 2.45) is 0 Å². The van der Waals surface area contributed by atoms with Crippen molar-refractivity contribution in [2.45, 2.75) is 12.3 Å². The van der Waals surface area contributed by atoms with E-state index >= 15 is 0 Å². The van der Waals surface area contributed by atoms with Gasteiger partial charge in [-0.05, 0) is 45.0 Å². The first-order chi connectivity index (χ1) is 11.9. The van der Waals surface area contributed by atoms with Crippen molar-refractivity contribution in [3.05, 3.63) is 119 Å². The van der Waals surface area contributed by atoms with Gasteiger partial charge in [-0.3, -0.25) is 0 Å². The first kappa shape index (κ1) is 13.6. The summed E-state index contributed by atoms with van der Waals surface area (Å²) in [5, 5.41) is 2.78. The molecule has 0 amide bonds. The molecule has 5 rings (SSSR count). The van der Waals surface area contributed by atoms with Gasteiger partial charge in [0.15, 0.2) is 0 Å². The number of hydrogen-bond donors (Lipinski definition) is 0. The van der Waals surface area contributed by atoms with Crippen molar-refractivity contribution in [3.8, 4) is 0 Å². The maximum atomic E-state index is 2.31. The molecule has 1 aliphatic carbocycles. The summed E-state index contributed by atoms with van der Waals surface area (Å²) in [7, 11) is 0. The van der Waals surface area contributed by atoms with Gasteiger partial charge in [0.05, 0.1) is 0 Å². The van der Waals surface area contributed by atoms with E-state index in [4.69, 9.17) is 0 Å². The Kier molecular flexibility index (Phi) is 3.02. The van der Waals surface area contributed by atoms with Crippen molar-refractivity contribution >= 4 is 10.8 Å². The van der Waals surface area contributed by atoms with Crippen LogP contribution in [0.25, 0.3) is 10.8 Å². The molecule has 0 aromatic heterocycles. The lowest BCUT2D eigenvalue weighted by Crippen LogP contribution is -2.04. The predicted molar refractivity (Wildman–Crippen MR) is 101 cm³/mol. The number of benzene rings is 4. The van der Waals surface area contributed by atoms with E-state index in [9.17, 15) is 0 Å². The fourth-order valence-corrected chi connectivity index (χ4v) is 4.19. The second kappa shape index (κ2) is 5.35. The van der Waals surface area contributed by atoms with Gasteiger partial charge < -0.3 is 0 Å². The Bertz CT molecular complexity index is 1020. The summed E-state index contributed by atoms with van der Waals surface area (Å²) in [6, 6.07) is 33.3. The summed E-state index contributed by atoms with van der Waals surface area (Å²) in [6.07, 6.45) is 1.01. The van der Waals surface area contributed by atoms with Gasteiger partial charge in [0.2, 0.25) is 0 Å². The van der Waals surface area contributed by atoms with E-state index in [1.54, 1.807) is 0 Å². The summed E-state index contributed by atoms with van der Waals surface area (Å²) in [5.41, 5.74) is 7.12. The number of rotatable bonds is 1. The predicted octanol–water partition coefficient (Wildman–Crippen LogP) is 5.92. The van der Waals surface area contributed by atoms with Gasteiger partial charge in [0.25, 0.3) is 0 Å². The molecule has 0 fully saturated rings. The van der Waals surface area contributed by atoms with Crippen LogP contribution in [0.15, 0.2) is 91.0 Å². The molecule has 1 atom stereocenters. The lowest BCUT2D eigenvalue weighted by molar-refractivity contribution is 0.973. The minimum Gasteiger partial charge on any atom is -0.0622 e. The average molecular weight is 306 g/mol. The van der Waals surface area contributed by atoms with Crippen LogP contribution >= 0.6 is 0 Å². The third-order valence-corrected chi connectivity index (χ3v) is 5.21. The van der Waals surface area contributed by atoms with Crippen molar-refractivity contribution in [1.82, 2.24) is 0 Å². The molecule has 0 saturated heterocycles. The Hall–Kier alpha value is -2.86. The quantitative estimate of drug-likeness (QED) is 0.360. The van der Waals surface area contributed by atoms with E-state index in [1.165, 1.54) is 38.6 Å². The smallest absolute Gasteiger partial charge is 0.0349 e.